The molecule has 174 valence electrons. The summed E-state index contributed by atoms with van der Waals surface area (Å²) in [6.45, 7) is 6.48. The molecule has 0 spiro atoms. The van der Waals surface area contributed by atoms with E-state index in [2.05, 4.69) is 11.8 Å². The summed E-state index contributed by atoms with van der Waals surface area (Å²) in [7, 11) is 0. The lowest BCUT2D eigenvalue weighted by Gasteiger charge is -2.35. The molecule has 1 aromatic carbocycles. The number of carbonyl (C=O) groups is 1. The van der Waals surface area contributed by atoms with E-state index in [1.807, 2.05) is 52.9 Å². The molecule has 2 aliphatic rings. The Kier molecular flexibility index (Phi) is 5.80. The third-order valence-corrected chi connectivity index (χ3v) is 6.91. The number of fused-ring (bicyclic) bond motifs is 1. The van der Waals surface area contributed by atoms with Gasteiger partial charge >= 0.3 is 0 Å². The molecule has 8 heteroatoms. The highest BCUT2D eigenvalue weighted by Crippen LogP contribution is 2.33. The fraction of sp³-hybridized carbons (Fsp3) is 0.480. The fourth-order valence-electron chi connectivity index (χ4n) is 5.08. The smallest absolute Gasteiger partial charge is 0.254 e. The van der Waals surface area contributed by atoms with Crippen LogP contribution in [0.15, 0.2) is 36.5 Å². The molecule has 2 fully saturated rings. The van der Waals surface area contributed by atoms with Crippen molar-refractivity contribution < 1.29 is 4.79 Å². The Balaban J connectivity index is 1.46. The first-order valence-electron chi connectivity index (χ1n) is 11.9. The van der Waals surface area contributed by atoms with Crippen LogP contribution in [0.5, 0.6) is 0 Å². The van der Waals surface area contributed by atoms with Crippen LogP contribution in [-0.2, 0) is 0 Å². The number of aryl methyl sites for hydroxylation is 1. The topological polar surface area (TPSA) is 106 Å². The van der Waals surface area contributed by atoms with E-state index in [0.717, 1.165) is 73.6 Å². The molecular weight excluding hydrogens is 414 g/mol. The minimum absolute atomic E-state index is 0.0372. The summed E-state index contributed by atoms with van der Waals surface area (Å²) in [4.78, 5) is 22.7. The quantitative estimate of drug-likeness (QED) is 0.637. The van der Waals surface area contributed by atoms with Gasteiger partial charge in [-0.25, -0.2) is 9.50 Å². The molecule has 0 bridgehead atoms. The molecule has 0 aliphatic carbocycles. The molecule has 4 N–H and O–H groups in total. The molecule has 8 nitrogen and oxygen atoms in total. The maximum absolute atomic E-state index is 13.5. The lowest BCUT2D eigenvalue weighted by atomic mass is 9.97. The van der Waals surface area contributed by atoms with Crippen LogP contribution in [0, 0.1) is 6.92 Å². The van der Waals surface area contributed by atoms with Crippen molar-refractivity contribution in [3.05, 3.63) is 58.9 Å². The van der Waals surface area contributed by atoms with Crippen molar-refractivity contribution >= 4 is 17.4 Å². The number of likely N-dealkylation sites (tertiary alicyclic amines) is 1. The molecule has 0 radical (unpaired) electrons. The van der Waals surface area contributed by atoms with Crippen LogP contribution >= 0.6 is 0 Å². The number of aromatic nitrogens is 3. The molecule has 2 saturated heterocycles. The summed E-state index contributed by atoms with van der Waals surface area (Å²) < 4.78 is 1.85. The van der Waals surface area contributed by atoms with Crippen molar-refractivity contribution in [1.82, 2.24) is 19.5 Å². The number of nitrogens with two attached hydrogens (primary N) is 2. The highest BCUT2D eigenvalue weighted by atomic mass is 16.2. The van der Waals surface area contributed by atoms with Crippen molar-refractivity contribution in [2.75, 3.05) is 24.5 Å². The van der Waals surface area contributed by atoms with E-state index >= 15 is 0 Å². The summed E-state index contributed by atoms with van der Waals surface area (Å²) in [6.07, 6.45) is 5.99. The second kappa shape index (κ2) is 8.76. The van der Waals surface area contributed by atoms with Crippen LogP contribution in [0.4, 0.5) is 5.82 Å². The van der Waals surface area contributed by atoms with Gasteiger partial charge in [0.1, 0.15) is 5.82 Å². The molecular formula is C25H33N7O. The first-order valence-corrected chi connectivity index (χ1v) is 11.9. The number of piperidine rings is 1. The summed E-state index contributed by atoms with van der Waals surface area (Å²) in [5, 5.41) is 4.85. The van der Waals surface area contributed by atoms with Gasteiger partial charge in [-0.15, -0.1) is 0 Å². The maximum Gasteiger partial charge on any atom is 0.254 e. The average Bonchev–Trinajstić information content (AvgIpc) is 3.43. The van der Waals surface area contributed by atoms with Crippen LogP contribution in [-0.4, -0.2) is 51.1 Å². The number of amides is 1. The van der Waals surface area contributed by atoms with Crippen LogP contribution in [0.3, 0.4) is 0 Å². The number of carbonyl (C=O) groups excluding carboxylic acids is 1. The Labute approximate surface area is 194 Å². The average molecular weight is 448 g/mol. The van der Waals surface area contributed by atoms with E-state index in [4.69, 9.17) is 21.5 Å². The van der Waals surface area contributed by atoms with Gasteiger partial charge in [0.15, 0.2) is 5.65 Å². The molecule has 33 heavy (non-hydrogen) atoms. The predicted octanol–water partition coefficient (Wildman–Crippen LogP) is 2.96. The second-order valence-electron chi connectivity index (χ2n) is 9.54. The van der Waals surface area contributed by atoms with Gasteiger partial charge in [0.05, 0.1) is 11.7 Å². The van der Waals surface area contributed by atoms with E-state index in [1.165, 1.54) is 0 Å². The summed E-state index contributed by atoms with van der Waals surface area (Å²) in [5.41, 5.74) is 16.6. The summed E-state index contributed by atoms with van der Waals surface area (Å²) >= 11 is 0. The zero-order valence-electron chi connectivity index (χ0n) is 19.4. The van der Waals surface area contributed by atoms with Crippen LogP contribution in [0.25, 0.3) is 5.65 Å². The van der Waals surface area contributed by atoms with Gasteiger partial charge in [-0.3, -0.25) is 4.79 Å². The zero-order chi connectivity index (χ0) is 23.1. The minimum atomic E-state index is -0.109. The van der Waals surface area contributed by atoms with E-state index in [0.29, 0.717) is 5.56 Å². The molecule has 2 aliphatic heterocycles. The number of nitrogens with zero attached hydrogens (tertiary/aromatic N) is 5. The highest BCUT2D eigenvalue weighted by molar-refractivity contribution is 5.94. The van der Waals surface area contributed by atoms with Gasteiger partial charge in [0, 0.05) is 55.1 Å². The minimum Gasteiger partial charge on any atom is -0.355 e. The Bertz CT molecular complexity index is 1170. The van der Waals surface area contributed by atoms with E-state index in [-0.39, 0.29) is 24.0 Å². The standard InChI is InChI=1S/C25H33N7O/c1-16-14-32-23(28-24(16)30-11-9-20(27)15-30)13-21(29-32)22-8-3-4-10-31(22)25(33)19-7-5-6-18(12-19)17(2)26/h5-7,12-14,17,20,22H,3-4,8-11,15,26-27H2,1-2H3/t17?,20-,22-/m0/s1. The van der Waals surface area contributed by atoms with Crippen molar-refractivity contribution in [3.63, 3.8) is 0 Å². The number of hydrogen-bond donors (Lipinski definition) is 2. The lowest BCUT2D eigenvalue weighted by Crippen LogP contribution is -2.38. The Morgan fingerprint density at radius 2 is 2.03 bits per heavy atom. The zero-order valence-corrected chi connectivity index (χ0v) is 19.4. The molecule has 3 atom stereocenters. The molecule has 3 aromatic rings. The van der Waals surface area contributed by atoms with Gasteiger partial charge < -0.3 is 21.3 Å². The van der Waals surface area contributed by atoms with E-state index < -0.39 is 0 Å². The number of rotatable bonds is 4. The normalized spacial score (nSPS) is 22.2. The molecule has 1 amide bonds. The summed E-state index contributed by atoms with van der Waals surface area (Å²) in [5.74, 6) is 1.02. The maximum atomic E-state index is 13.5. The van der Waals surface area contributed by atoms with Crippen molar-refractivity contribution in [1.29, 1.82) is 0 Å². The third kappa shape index (κ3) is 4.20. The number of hydrogen-bond acceptors (Lipinski definition) is 6. The largest absolute Gasteiger partial charge is 0.355 e. The molecule has 4 heterocycles. The Morgan fingerprint density at radius 1 is 1.18 bits per heavy atom. The van der Waals surface area contributed by atoms with Gasteiger partial charge in [-0.1, -0.05) is 12.1 Å². The van der Waals surface area contributed by atoms with Gasteiger partial charge in [0.25, 0.3) is 5.91 Å². The second-order valence-corrected chi connectivity index (χ2v) is 9.54. The van der Waals surface area contributed by atoms with Crippen molar-refractivity contribution in [3.8, 4) is 0 Å². The SMILES string of the molecule is Cc1cn2nc([C@@H]3CCCCN3C(=O)c3cccc(C(C)N)c3)cc2nc1N1CC[C@H](N)C1. The van der Waals surface area contributed by atoms with Crippen LogP contribution < -0.4 is 16.4 Å². The van der Waals surface area contributed by atoms with Crippen LogP contribution in [0.2, 0.25) is 0 Å². The monoisotopic (exact) mass is 447 g/mol. The van der Waals surface area contributed by atoms with E-state index in [1.54, 1.807) is 0 Å². The highest BCUT2D eigenvalue weighted by Gasteiger charge is 2.31. The lowest BCUT2D eigenvalue weighted by molar-refractivity contribution is 0.0605. The predicted molar refractivity (Wildman–Crippen MR) is 129 cm³/mol. The molecule has 2 aromatic heterocycles. The van der Waals surface area contributed by atoms with Gasteiger partial charge in [0.2, 0.25) is 0 Å². The Hall–Kier alpha value is -2.97. The fourth-order valence-corrected chi connectivity index (χ4v) is 5.08. The number of anilines is 1. The summed E-state index contributed by atoms with van der Waals surface area (Å²) in [6, 6.07) is 9.74. The first kappa shape index (κ1) is 21.9. The van der Waals surface area contributed by atoms with Crippen LogP contribution in [0.1, 0.15) is 71.9 Å². The molecule has 0 saturated carbocycles. The van der Waals surface area contributed by atoms with E-state index in [9.17, 15) is 4.79 Å². The van der Waals surface area contributed by atoms with Gasteiger partial charge in [-0.2, -0.15) is 5.10 Å². The van der Waals surface area contributed by atoms with Crippen molar-refractivity contribution in [2.45, 2.75) is 57.7 Å². The number of benzene rings is 1. The van der Waals surface area contributed by atoms with Crippen molar-refractivity contribution in [2.24, 2.45) is 11.5 Å². The third-order valence-electron chi connectivity index (χ3n) is 6.91. The first-order chi connectivity index (χ1) is 15.9. The Morgan fingerprint density at radius 3 is 2.79 bits per heavy atom. The van der Waals surface area contributed by atoms with Gasteiger partial charge in [-0.05, 0) is 57.2 Å². The molecule has 5 rings (SSSR count). The molecule has 1 unspecified atom stereocenters.